The number of methoxy groups -OCH3 is 1. The Balaban J connectivity index is 1.81. The van der Waals surface area contributed by atoms with Gasteiger partial charge in [0.15, 0.2) is 0 Å². The van der Waals surface area contributed by atoms with Crippen molar-refractivity contribution in [3.63, 3.8) is 0 Å². The minimum absolute atomic E-state index is 0.0526. The number of aromatic nitrogens is 3. The molecule has 0 atom stereocenters. The van der Waals surface area contributed by atoms with Crippen LogP contribution in [0.3, 0.4) is 0 Å². The number of non-ortho nitro benzene ring substituents is 1. The van der Waals surface area contributed by atoms with Crippen LogP contribution in [0.25, 0.3) is 16.9 Å². The predicted molar refractivity (Wildman–Crippen MR) is 125 cm³/mol. The normalized spacial score (nSPS) is 11.4. The van der Waals surface area contributed by atoms with Crippen molar-refractivity contribution in [1.82, 2.24) is 14.8 Å². The maximum absolute atomic E-state index is 13.4. The number of hydrogen-bond acceptors (Lipinski definition) is 6. The van der Waals surface area contributed by atoms with Gasteiger partial charge in [-0.1, -0.05) is 6.07 Å². The van der Waals surface area contributed by atoms with Gasteiger partial charge in [0.2, 0.25) is 0 Å². The summed E-state index contributed by atoms with van der Waals surface area (Å²) < 4.78 is 6.60. The number of ether oxygens (including phenoxy) is 1. The molecule has 0 saturated carbocycles. The zero-order valence-electron chi connectivity index (χ0n) is 18.1. The van der Waals surface area contributed by atoms with E-state index in [1.165, 1.54) is 28.9 Å². The number of rotatable bonds is 7. The highest BCUT2D eigenvalue weighted by molar-refractivity contribution is 6.03. The molecule has 9 nitrogen and oxygen atoms in total. The third-order valence-corrected chi connectivity index (χ3v) is 5.17. The first kappa shape index (κ1) is 21.7. The van der Waals surface area contributed by atoms with Crippen LogP contribution in [0.2, 0.25) is 0 Å². The fourth-order valence-electron chi connectivity index (χ4n) is 3.43. The van der Waals surface area contributed by atoms with Gasteiger partial charge in [0.05, 0.1) is 35.5 Å². The summed E-state index contributed by atoms with van der Waals surface area (Å²) in [6.07, 6.45) is 3.42. The summed E-state index contributed by atoms with van der Waals surface area (Å²) in [6.45, 7) is 2.16. The Morgan fingerprint density at radius 1 is 1.15 bits per heavy atom. The van der Waals surface area contributed by atoms with Crippen molar-refractivity contribution in [3.8, 4) is 22.7 Å². The van der Waals surface area contributed by atoms with Crippen LogP contribution in [-0.2, 0) is 6.54 Å². The molecule has 4 aromatic rings. The van der Waals surface area contributed by atoms with E-state index in [0.717, 1.165) is 11.1 Å². The minimum Gasteiger partial charge on any atom is -0.497 e. The summed E-state index contributed by atoms with van der Waals surface area (Å²) in [6, 6.07) is 16.8. The molecule has 0 bridgehead atoms. The van der Waals surface area contributed by atoms with Gasteiger partial charge in [0, 0.05) is 35.8 Å². The van der Waals surface area contributed by atoms with Crippen LogP contribution < -0.4 is 10.3 Å². The molecule has 0 aliphatic carbocycles. The number of aromatic amines is 1. The van der Waals surface area contributed by atoms with E-state index >= 15 is 0 Å². The maximum atomic E-state index is 13.4. The highest BCUT2D eigenvalue weighted by Crippen LogP contribution is 2.25. The van der Waals surface area contributed by atoms with Crippen LogP contribution in [0.1, 0.15) is 18.1 Å². The number of nitrogens with zero attached hydrogens (tertiary/aromatic N) is 4. The van der Waals surface area contributed by atoms with Gasteiger partial charge < -0.3 is 4.74 Å². The van der Waals surface area contributed by atoms with Crippen molar-refractivity contribution in [2.45, 2.75) is 13.5 Å². The summed E-state index contributed by atoms with van der Waals surface area (Å²) in [5, 5.41) is 14.1. The molecule has 1 N–H and O–H groups in total. The highest BCUT2D eigenvalue weighted by atomic mass is 16.6. The Bertz CT molecular complexity index is 1350. The standard InChI is InChI=1S/C24H21N5O4/c1-16(26-15-17-4-3-13-25-14-17)22-23(18-5-11-21(33-2)12-6-18)27-28(24(22)30)19-7-9-20(10-8-19)29(31)32/h3-14,27H,15H2,1-2H3. The first-order chi connectivity index (χ1) is 16.0. The zero-order valence-corrected chi connectivity index (χ0v) is 18.1. The van der Waals surface area contributed by atoms with Crippen molar-refractivity contribution in [2.24, 2.45) is 4.99 Å². The molecule has 4 rings (SSSR count). The van der Waals surface area contributed by atoms with Gasteiger partial charge in [0.25, 0.3) is 11.2 Å². The second-order valence-electron chi connectivity index (χ2n) is 7.27. The van der Waals surface area contributed by atoms with Gasteiger partial charge in [0.1, 0.15) is 5.75 Å². The topological polar surface area (TPSA) is 115 Å². The monoisotopic (exact) mass is 443 g/mol. The molecule has 0 saturated heterocycles. The number of aliphatic imine (C=N–C) groups is 1. The molecule has 0 radical (unpaired) electrons. The Morgan fingerprint density at radius 3 is 2.48 bits per heavy atom. The Labute approximate surface area is 189 Å². The van der Waals surface area contributed by atoms with E-state index in [2.05, 4.69) is 15.1 Å². The van der Waals surface area contributed by atoms with Crippen LogP contribution in [0, 0.1) is 10.1 Å². The molecule has 0 spiro atoms. The lowest BCUT2D eigenvalue weighted by Gasteiger charge is -2.05. The quantitative estimate of drug-likeness (QED) is 0.262. The molecule has 33 heavy (non-hydrogen) atoms. The Kier molecular flexibility index (Phi) is 6.12. The number of nitro groups is 1. The molecule has 9 heteroatoms. The van der Waals surface area contributed by atoms with Crippen molar-refractivity contribution >= 4 is 11.4 Å². The molecule has 2 aromatic heterocycles. The lowest BCUT2D eigenvalue weighted by molar-refractivity contribution is -0.384. The van der Waals surface area contributed by atoms with Crippen LogP contribution >= 0.6 is 0 Å². The molecule has 2 heterocycles. The lowest BCUT2D eigenvalue weighted by atomic mass is 10.0. The van der Waals surface area contributed by atoms with Gasteiger partial charge in [-0.3, -0.25) is 30.0 Å². The van der Waals surface area contributed by atoms with Crippen molar-refractivity contribution in [1.29, 1.82) is 0 Å². The average molecular weight is 443 g/mol. The molecule has 0 amide bonds. The van der Waals surface area contributed by atoms with Gasteiger partial charge in [-0.25, -0.2) is 4.68 Å². The summed E-state index contributed by atoms with van der Waals surface area (Å²) in [5.74, 6) is 0.694. The lowest BCUT2D eigenvalue weighted by Crippen LogP contribution is -2.19. The molecule has 0 fully saturated rings. The van der Waals surface area contributed by atoms with Gasteiger partial charge in [-0.05, 0) is 55.0 Å². The fraction of sp³-hybridized carbons (Fsp3) is 0.125. The van der Waals surface area contributed by atoms with Gasteiger partial charge in [-0.2, -0.15) is 0 Å². The average Bonchev–Trinajstić information content (AvgIpc) is 3.20. The highest BCUT2D eigenvalue weighted by Gasteiger charge is 2.20. The predicted octanol–water partition coefficient (Wildman–Crippen LogP) is 4.15. The van der Waals surface area contributed by atoms with Crippen molar-refractivity contribution in [3.05, 3.63) is 105 Å². The van der Waals surface area contributed by atoms with Crippen LogP contribution in [0.5, 0.6) is 5.75 Å². The first-order valence-corrected chi connectivity index (χ1v) is 10.1. The van der Waals surface area contributed by atoms with Crippen LogP contribution in [0.15, 0.2) is 82.8 Å². The number of H-pyrrole nitrogens is 1. The SMILES string of the molecule is COc1ccc(-c2[nH]n(-c3ccc([N+](=O)[O-])cc3)c(=O)c2C(C)=NCc2cccnc2)cc1. The van der Waals surface area contributed by atoms with E-state index in [1.54, 1.807) is 26.4 Å². The molecule has 166 valence electrons. The zero-order chi connectivity index (χ0) is 23.4. The van der Waals surface area contributed by atoms with Crippen molar-refractivity contribution in [2.75, 3.05) is 7.11 Å². The minimum atomic E-state index is -0.481. The van der Waals surface area contributed by atoms with Gasteiger partial charge in [-0.15, -0.1) is 0 Å². The third-order valence-electron chi connectivity index (χ3n) is 5.17. The second-order valence-corrected chi connectivity index (χ2v) is 7.27. The van der Waals surface area contributed by atoms with Gasteiger partial charge >= 0.3 is 0 Å². The molecule has 0 unspecified atom stereocenters. The second kappa shape index (κ2) is 9.31. The van der Waals surface area contributed by atoms with Crippen LogP contribution in [-0.4, -0.2) is 32.5 Å². The molecule has 0 aliphatic heterocycles. The van der Waals surface area contributed by atoms with E-state index in [-0.39, 0.29) is 11.2 Å². The van der Waals surface area contributed by atoms with Crippen LogP contribution in [0.4, 0.5) is 5.69 Å². The van der Waals surface area contributed by atoms with E-state index < -0.39 is 4.92 Å². The van der Waals surface area contributed by atoms with E-state index in [9.17, 15) is 14.9 Å². The summed E-state index contributed by atoms with van der Waals surface area (Å²) >= 11 is 0. The van der Waals surface area contributed by atoms with E-state index in [4.69, 9.17) is 4.74 Å². The summed E-state index contributed by atoms with van der Waals surface area (Å²) in [5.41, 5.74) is 3.40. The van der Waals surface area contributed by atoms with E-state index in [0.29, 0.717) is 35.0 Å². The molecular weight excluding hydrogens is 422 g/mol. The number of benzene rings is 2. The van der Waals surface area contributed by atoms with E-state index in [1.807, 2.05) is 36.4 Å². The Morgan fingerprint density at radius 2 is 1.88 bits per heavy atom. The first-order valence-electron chi connectivity index (χ1n) is 10.1. The Hall–Kier alpha value is -4.53. The maximum Gasteiger partial charge on any atom is 0.280 e. The number of nitrogens with one attached hydrogen (secondary N) is 1. The third kappa shape index (κ3) is 4.57. The smallest absolute Gasteiger partial charge is 0.280 e. The molecular formula is C24H21N5O4. The number of pyridine rings is 1. The van der Waals surface area contributed by atoms with Crippen molar-refractivity contribution < 1.29 is 9.66 Å². The largest absolute Gasteiger partial charge is 0.497 e. The summed E-state index contributed by atoms with van der Waals surface area (Å²) in [4.78, 5) is 32.7. The molecule has 2 aromatic carbocycles. The summed E-state index contributed by atoms with van der Waals surface area (Å²) in [7, 11) is 1.59. The molecule has 0 aliphatic rings. The number of nitro benzene ring substituents is 1. The fourth-order valence-corrected chi connectivity index (χ4v) is 3.43. The number of hydrogen-bond donors (Lipinski definition) is 1.